The minimum absolute atomic E-state index is 0.0711. The summed E-state index contributed by atoms with van der Waals surface area (Å²) < 4.78 is 22.3. The van der Waals surface area contributed by atoms with Gasteiger partial charge in [0.1, 0.15) is 35.2 Å². The van der Waals surface area contributed by atoms with Crippen LogP contribution in [0.2, 0.25) is 0 Å². The molecule has 0 saturated heterocycles. The quantitative estimate of drug-likeness (QED) is 0.434. The smallest absolute Gasteiger partial charge is 0.200 e. The van der Waals surface area contributed by atoms with Crippen LogP contribution in [0.4, 0.5) is 0 Å². The van der Waals surface area contributed by atoms with Crippen LogP contribution in [-0.2, 0) is 6.61 Å². The Balaban J connectivity index is 1.64. The number of hydrogen-bond acceptors (Lipinski definition) is 5. The van der Waals surface area contributed by atoms with Gasteiger partial charge in [-0.3, -0.25) is 4.79 Å². The second kappa shape index (κ2) is 8.33. The summed E-state index contributed by atoms with van der Waals surface area (Å²) in [4.78, 5) is 13.1. The third-order valence-electron chi connectivity index (χ3n) is 4.96. The Morgan fingerprint density at radius 1 is 0.833 bits per heavy atom. The highest BCUT2D eigenvalue weighted by Gasteiger charge is 2.14. The van der Waals surface area contributed by atoms with Gasteiger partial charge in [-0.1, -0.05) is 24.3 Å². The van der Waals surface area contributed by atoms with E-state index in [-0.39, 0.29) is 5.43 Å². The van der Waals surface area contributed by atoms with Crippen molar-refractivity contribution in [1.29, 1.82) is 0 Å². The van der Waals surface area contributed by atoms with Gasteiger partial charge in [0.2, 0.25) is 5.43 Å². The topological polar surface area (TPSA) is 57.9 Å². The molecule has 0 unspecified atom stereocenters. The molecule has 0 saturated carbocycles. The van der Waals surface area contributed by atoms with Crippen LogP contribution in [-0.4, -0.2) is 14.2 Å². The van der Waals surface area contributed by atoms with Gasteiger partial charge in [-0.05, 0) is 54.4 Å². The highest BCUT2D eigenvalue weighted by atomic mass is 16.5. The Kier molecular flexibility index (Phi) is 5.44. The molecule has 0 bridgehead atoms. The molecule has 0 atom stereocenters. The standard InChI is InChI=1S/C25H22O5/c1-16-24(18-7-9-19(27-2)10-8-18)25(26)22-12-11-21(14-23(22)30-16)29-15-17-5-4-6-20(13-17)28-3/h4-14H,15H2,1-3H3. The molecule has 0 aliphatic heterocycles. The third kappa shape index (κ3) is 3.87. The Labute approximate surface area is 174 Å². The SMILES string of the molecule is COc1ccc(-c2c(C)oc3cc(OCc4cccc(OC)c4)ccc3c2=O)cc1. The first-order valence-electron chi connectivity index (χ1n) is 9.56. The van der Waals surface area contributed by atoms with Crippen LogP contribution in [0.5, 0.6) is 17.2 Å². The molecule has 5 nitrogen and oxygen atoms in total. The maximum absolute atomic E-state index is 13.1. The van der Waals surface area contributed by atoms with Crippen LogP contribution in [0.25, 0.3) is 22.1 Å². The molecule has 0 aliphatic carbocycles. The van der Waals surface area contributed by atoms with E-state index >= 15 is 0 Å². The average molecular weight is 402 g/mol. The summed E-state index contributed by atoms with van der Waals surface area (Å²) in [6.45, 7) is 2.18. The maximum Gasteiger partial charge on any atom is 0.200 e. The van der Waals surface area contributed by atoms with E-state index in [2.05, 4.69) is 0 Å². The summed E-state index contributed by atoms with van der Waals surface area (Å²) in [5.74, 6) is 2.70. The molecule has 0 N–H and O–H groups in total. The summed E-state index contributed by atoms with van der Waals surface area (Å²) in [5.41, 5.74) is 2.76. The molecule has 0 fully saturated rings. The van der Waals surface area contributed by atoms with E-state index in [0.717, 1.165) is 22.6 Å². The zero-order valence-electron chi connectivity index (χ0n) is 17.1. The first-order chi connectivity index (χ1) is 14.6. The van der Waals surface area contributed by atoms with Gasteiger partial charge in [-0.25, -0.2) is 0 Å². The van der Waals surface area contributed by atoms with E-state index in [1.165, 1.54) is 0 Å². The fraction of sp³-hybridized carbons (Fsp3) is 0.160. The van der Waals surface area contributed by atoms with E-state index < -0.39 is 0 Å². The Hall–Kier alpha value is -3.73. The van der Waals surface area contributed by atoms with Gasteiger partial charge in [-0.2, -0.15) is 0 Å². The minimum atomic E-state index is -0.0711. The molecule has 1 heterocycles. The van der Waals surface area contributed by atoms with Crippen molar-refractivity contribution in [3.05, 3.63) is 88.3 Å². The van der Waals surface area contributed by atoms with E-state index in [1.54, 1.807) is 39.3 Å². The van der Waals surface area contributed by atoms with Crippen molar-refractivity contribution >= 4 is 11.0 Å². The molecule has 5 heteroatoms. The first-order valence-corrected chi connectivity index (χ1v) is 9.56. The fourth-order valence-electron chi connectivity index (χ4n) is 3.40. The van der Waals surface area contributed by atoms with Crippen molar-refractivity contribution in [1.82, 2.24) is 0 Å². The predicted molar refractivity (Wildman–Crippen MR) is 117 cm³/mol. The summed E-state index contributed by atoms with van der Waals surface area (Å²) in [7, 11) is 3.24. The maximum atomic E-state index is 13.1. The Bertz CT molecular complexity index is 1240. The zero-order valence-corrected chi connectivity index (χ0v) is 17.1. The number of rotatable bonds is 6. The monoisotopic (exact) mass is 402 g/mol. The van der Waals surface area contributed by atoms with Gasteiger partial charge >= 0.3 is 0 Å². The summed E-state index contributed by atoms with van der Waals surface area (Å²) in [6, 6.07) is 20.3. The van der Waals surface area contributed by atoms with Crippen molar-refractivity contribution in [2.24, 2.45) is 0 Å². The molecule has 0 aliphatic rings. The van der Waals surface area contributed by atoms with Crippen LogP contribution in [0.1, 0.15) is 11.3 Å². The summed E-state index contributed by atoms with van der Waals surface area (Å²) in [5, 5.41) is 0.514. The van der Waals surface area contributed by atoms with Crippen molar-refractivity contribution in [3.8, 4) is 28.4 Å². The van der Waals surface area contributed by atoms with Gasteiger partial charge in [0.25, 0.3) is 0 Å². The lowest BCUT2D eigenvalue weighted by Crippen LogP contribution is -2.07. The van der Waals surface area contributed by atoms with E-state index in [0.29, 0.717) is 34.6 Å². The van der Waals surface area contributed by atoms with Gasteiger partial charge in [-0.15, -0.1) is 0 Å². The van der Waals surface area contributed by atoms with E-state index in [1.807, 2.05) is 48.5 Å². The highest BCUT2D eigenvalue weighted by Crippen LogP contribution is 2.28. The van der Waals surface area contributed by atoms with E-state index in [9.17, 15) is 4.79 Å². The van der Waals surface area contributed by atoms with Crippen LogP contribution < -0.4 is 19.6 Å². The fourth-order valence-corrected chi connectivity index (χ4v) is 3.40. The molecule has 0 radical (unpaired) electrons. The molecule has 4 rings (SSSR count). The molecule has 1 aromatic heterocycles. The van der Waals surface area contributed by atoms with Crippen molar-refractivity contribution in [2.45, 2.75) is 13.5 Å². The van der Waals surface area contributed by atoms with Crippen LogP contribution in [0, 0.1) is 6.92 Å². The van der Waals surface area contributed by atoms with Gasteiger partial charge in [0.05, 0.1) is 25.2 Å². The number of fused-ring (bicyclic) bond motifs is 1. The second-order valence-corrected chi connectivity index (χ2v) is 6.89. The molecular weight excluding hydrogens is 380 g/mol. The first kappa shape index (κ1) is 19.6. The summed E-state index contributed by atoms with van der Waals surface area (Å²) >= 11 is 0. The normalized spacial score (nSPS) is 10.8. The lowest BCUT2D eigenvalue weighted by molar-refractivity contribution is 0.305. The van der Waals surface area contributed by atoms with E-state index in [4.69, 9.17) is 18.6 Å². The molecule has 4 aromatic rings. The lowest BCUT2D eigenvalue weighted by atomic mass is 10.0. The molecular formula is C25H22O5. The van der Waals surface area contributed by atoms with Crippen molar-refractivity contribution < 1.29 is 18.6 Å². The lowest BCUT2D eigenvalue weighted by Gasteiger charge is -2.10. The Morgan fingerprint density at radius 2 is 1.57 bits per heavy atom. The molecule has 30 heavy (non-hydrogen) atoms. The second-order valence-electron chi connectivity index (χ2n) is 6.89. The number of hydrogen-bond donors (Lipinski definition) is 0. The summed E-state index contributed by atoms with van der Waals surface area (Å²) in [6.07, 6.45) is 0. The molecule has 0 spiro atoms. The number of ether oxygens (including phenoxy) is 3. The Morgan fingerprint density at radius 3 is 2.30 bits per heavy atom. The highest BCUT2D eigenvalue weighted by molar-refractivity contribution is 5.83. The van der Waals surface area contributed by atoms with Gasteiger partial charge in [0, 0.05) is 6.07 Å². The zero-order chi connectivity index (χ0) is 21.1. The predicted octanol–water partition coefficient (Wildman–Crippen LogP) is 5.36. The van der Waals surface area contributed by atoms with Gasteiger partial charge < -0.3 is 18.6 Å². The minimum Gasteiger partial charge on any atom is -0.497 e. The van der Waals surface area contributed by atoms with Crippen molar-refractivity contribution in [2.75, 3.05) is 14.2 Å². The van der Waals surface area contributed by atoms with Crippen LogP contribution in [0.3, 0.4) is 0 Å². The third-order valence-corrected chi connectivity index (χ3v) is 4.96. The molecule has 3 aromatic carbocycles. The molecule has 0 amide bonds. The van der Waals surface area contributed by atoms with Crippen LogP contribution in [0.15, 0.2) is 75.9 Å². The molecule has 152 valence electrons. The largest absolute Gasteiger partial charge is 0.497 e. The number of benzene rings is 3. The number of methoxy groups -OCH3 is 2. The van der Waals surface area contributed by atoms with Gasteiger partial charge in [0.15, 0.2) is 0 Å². The van der Waals surface area contributed by atoms with Crippen LogP contribution >= 0.6 is 0 Å². The number of aryl methyl sites for hydroxylation is 1. The average Bonchev–Trinajstić information content (AvgIpc) is 2.78. The van der Waals surface area contributed by atoms with Crippen molar-refractivity contribution in [3.63, 3.8) is 0 Å².